The first-order chi connectivity index (χ1) is 15.4. The molecule has 0 bridgehead atoms. The number of rotatable bonds is 3. The maximum atomic E-state index is 13.5. The lowest BCUT2D eigenvalue weighted by Gasteiger charge is -2.13. The first-order valence-corrected chi connectivity index (χ1v) is 9.32. The van der Waals surface area contributed by atoms with Crippen molar-refractivity contribution in [3.8, 4) is 28.5 Å². The van der Waals surface area contributed by atoms with Crippen LogP contribution in [0.15, 0.2) is 55.1 Å². The van der Waals surface area contributed by atoms with Gasteiger partial charge in [-0.3, -0.25) is 4.57 Å². The summed E-state index contributed by atoms with van der Waals surface area (Å²) >= 11 is 0. The summed E-state index contributed by atoms with van der Waals surface area (Å²) in [5.74, 6) is -0.0598. The first-order valence-electron chi connectivity index (χ1n) is 9.32. The number of benzene rings is 1. The minimum atomic E-state index is -4.81. The van der Waals surface area contributed by atoms with Crippen LogP contribution in [0.3, 0.4) is 0 Å². The molecule has 0 aliphatic heterocycles. The van der Waals surface area contributed by atoms with Crippen molar-refractivity contribution in [1.29, 1.82) is 0 Å². The highest BCUT2D eigenvalue weighted by atomic mass is 19.4. The Bertz CT molecular complexity index is 1310. The molecule has 0 saturated carbocycles. The number of hydrogen-bond donors (Lipinski definition) is 1. The van der Waals surface area contributed by atoms with E-state index in [1.54, 1.807) is 12.1 Å². The fraction of sp³-hybridized carbons (Fsp3) is 0.143. The van der Waals surface area contributed by atoms with Crippen LogP contribution in [0.25, 0.3) is 28.5 Å². The highest BCUT2D eigenvalue weighted by molar-refractivity contribution is 5.63. The third kappa shape index (κ3) is 4.64. The Morgan fingerprint density at radius 2 is 1.55 bits per heavy atom. The molecule has 4 aromatic rings. The third-order valence-corrected chi connectivity index (χ3v) is 4.73. The molecule has 12 heteroatoms. The SMILES string of the molecule is Cc1cc(-c2cc(C(F)(F)F)nc(-n3cnc(-c4ccc(N)nc4)c3)n2)ccc1C(F)(F)F. The van der Waals surface area contributed by atoms with E-state index in [1.165, 1.54) is 30.2 Å². The number of pyridine rings is 1. The van der Waals surface area contributed by atoms with Gasteiger partial charge in [0.2, 0.25) is 5.95 Å². The summed E-state index contributed by atoms with van der Waals surface area (Å²) in [4.78, 5) is 15.8. The molecule has 33 heavy (non-hydrogen) atoms. The molecule has 0 aliphatic rings. The van der Waals surface area contributed by atoms with Crippen molar-refractivity contribution in [2.45, 2.75) is 19.3 Å². The van der Waals surface area contributed by atoms with Gasteiger partial charge in [-0.15, -0.1) is 0 Å². The maximum absolute atomic E-state index is 13.5. The van der Waals surface area contributed by atoms with Crippen molar-refractivity contribution >= 4 is 5.82 Å². The number of halogens is 6. The topological polar surface area (TPSA) is 82.5 Å². The standard InChI is InChI=1S/C21H14F6N6/c1-11-6-12(2-4-14(11)20(22,23)24)15-7-17(21(25,26)27)32-19(31-15)33-9-16(30-10-33)13-3-5-18(28)29-8-13/h2-10H,1H3,(H2,28,29). The Morgan fingerprint density at radius 1 is 0.818 bits per heavy atom. The van der Waals surface area contributed by atoms with Crippen molar-refractivity contribution in [3.05, 3.63) is 71.9 Å². The van der Waals surface area contributed by atoms with E-state index in [4.69, 9.17) is 5.73 Å². The van der Waals surface area contributed by atoms with E-state index in [2.05, 4.69) is 19.9 Å². The zero-order valence-electron chi connectivity index (χ0n) is 16.8. The van der Waals surface area contributed by atoms with Crippen LogP contribution >= 0.6 is 0 Å². The van der Waals surface area contributed by atoms with Gasteiger partial charge in [0, 0.05) is 23.5 Å². The lowest BCUT2D eigenvalue weighted by atomic mass is 10.0. The highest BCUT2D eigenvalue weighted by Gasteiger charge is 2.35. The van der Waals surface area contributed by atoms with Gasteiger partial charge in [-0.1, -0.05) is 6.07 Å². The summed E-state index contributed by atoms with van der Waals surface area (Å²) < 4.78 is 80.9. The van der Waals surface area contributed by atoms with Gasteiger partial charge in [-0.25, -0.2) is 19.9 Å². The molecule has 0 aliphatic carbocycles. The Balaban J connectivity index is 1.80. The lowest BCUT2D eigenvalue weighted by Crippen LogP contribution is -2.12. The molecule has 6 nitrogen and oxygen atoms in total. The zero-order valence-corrected chi connectivity index (χ0v) is 16.8. The van der Waals surface area contributed by atoms with Gasteiger partial charge >= 0.3 is 12.4 Å². The molecule has 0 saturated heterocycles. The fourth-order valence-electron chi connectivity index (χ4n) is 3.12. The van der Waals surface area contributed by atoms with E-state index in [0.717, 1.165) is 18.2 Å². The Morgan fingerprint density at radius 3 is 2.15 bits per heavy atom. The largest absolute Gasteiger partial charge is 0.433 e. The number of anilines is 1. The Hall–Kier alpha value is -3.96. The summed E-state index contributed by atoms with van der Waals surface area (Å²) in [6.45, 7) is 1.22. The molecular weight excluding hydrogens is 450 g/mol. The van der Waals surface area contributed by atoms with Gasteiger partial charge in [-0.2, -0.15) is 26.3 Å². The molecule has 0 unspecified atom stereocenters. The van der Waals surface area contributed by atoms with E-state index >= 15 is 0 Å². The lowest BCUT2D eigenvalue weighted by molar-refractivity contribution is -0.141. The van der Waals surface area contributed by atoms with Crippen molar-refractivity contribution < 1.29 is 26.3 Å². The van der Waals surface area contributed by atoms with Crippen molar-refractivity contribution in [3.63, 3.8) is 0 Å². The van der Waals surface area contributed by atoms with Gasteiger partial charge in [0.05, 0.1) is 17.0 Å². The molecule has 0 atom stereocenters. The summed E-state index contributed by atoms with van der Waals surface area (Å²) in [7, 11) is 0. The van der Waals surface area contributed by atoms with E-state index in [9.17, 15) is 26.3 Å². The maximum Gasteiger partial charge on any atom is 0.433 e. The number of aromatic nitrogens is 5. The minimum absolute atomic E-state index is 0.0812. The molecule has 0 spiro atoms. The van der Waals surface area contributed by atoms with E-state index in [0.29, 0.717) is 17.3 Å². The number of imidazole rings is 1. The van der Waals surface area contributed by atoms with Crippen LogP contribution in [0.2, 0.25) is 0 Å². The fourth-order valence-corrected chi connectivity index (χ4v) is 3.12. The van der Waals surface area contributed by atoms with Crippen LogP contribution in [0.1, 0.15) is 16.8 Å². The molecule has 4 rings (SSSR count). The third-order valence-electron chi connectivity index (χ3n) is 4.73. The van der Waals surface area contributed by atoms with Gasteiger partial charge in [0.25, 0.3) is 0 Å². The number of nitrogen functional groups attached to an aromatic ring is 1. The highest BCUT2D eigenvalue weighted by Crippen LogP contribution is 2.35. The van der Waals surface area contributed by atoms with E-state index < -0.39 is 23.6 Å². The summed E-state index contributed by atoms with van der Waals surface area (Å²) in [6, 6.07) is 6.88. The monoisotopic (exact) mass is 464 g/mol. The summed E-state index contributed by atoms with van der Waals surface area (Å²) in [5.41, 5.74) is 4.12. The average Bonchev–Trinajstić information content (AvgIpc) is 3.22. The number of alkyl halides is 6. The van der Waals surface area contributed by atoms with Crippen molar-refractivity contribution in [2.24, 2.45) is 0 Å². The van der Waals surface area contributed by atoms with Gasteiger partial charge in [-0.05, 0) is 42.8 Å². The van der Waals surface area contributed by atoms with E-state index in [1.807, 2.05) is 0 Å². The predicted octanol–water partition coefficient (Wildman–Crippen LogP) is 5.32. The molecule has 170 valence electrons. The Labute approximate surface area is 182 Å². The van der Waals surface area contributed by atoms with Gasteiger partial charge in [0.1, 0.15) is 12.1 Å². The normalized spacial score (nSPS) is 12.2. The first kappa shape index (κ1) is 22.2. The number of nitrogens with zero attached hydrogens (tertiary/aromatic N) is 5. The van der Waals surface area contributed by atoms with Crippen molar-refractivity contribution in [2.75, 3.05) is 5.73 Å². The molecule has 2 N–H and O–H groups in total. The Kier molecular flexibility index (Phi) is 5.30. The second kappa shape index (κ2) is 7.87. The molecule has 0 radical (unpaired) electrons. The predicted molar refractivity (Wildman–Crippen MR) is 107 cm³/mol. The second-order valence-electron chi connectivity index (χ2n) is 7.10. The molecule has 0 fully saturated rings. The number of hydrogen-bond acceptors (Lipinski definition) is 5. The molecule has 0 amide bonds. The number of aryl methyl sites for hydroxylation is 1. The molecule has 3 heterocycles. The van der Waals surface area contributed by atoms with Crippen LogP contribution in [0.5, 0.6) is 0 Å². The van der Waals surface area contributed by atoms with Crippen LogP contribution in [0, 0.1) is 6.92 Å². The molecule has 1 aromatic carbocycles. The van der Waals surface area contributed by atoms with Crippen LogP contribution in [-0.4, -0.2) is 24.5 Å². The van der Waals surface area contributed by atoms with Crippen LogP contribution < -0.4 is 5.73 Å². The van der Waals surface area contributed by atoms with Crippen LogP contribution in [0.4, 0.5) is 32.2 Å². The van der Waals surface area contributed by atoms with E-state index in [-0.39, 0.29) is 28.6 Å². The molecular formula is C21H14F6N6. The zero-order chi connectivity index (χ0) is 24.0. The average molecular weight is 464 g/mol. The number of nitrogens with two attached hydrogens (primary N) is 1. The summed E-state index contributed by atoms with van der Waals surface area (Å²) in [6.07, 6.45) is -5.31. The minimum Gasteiger partial charge on any atom is -0.384 e. The van der Waals surface area contributed by atoms with Gasteiger partial charge < -0.3 is 5.73 Å². The quantitative estimate of drug-likeness (QED) is 0.415. The smallest absolute Gasteiger partial charge is 0.384 e. The summed E-state index contributed by atoms with van der Waals surface area (Å²) in [5, 5.41) is 0. The second-order valence-corrected chi connectivity index (χ2v) is 7.10. The van der Waals surface area contributed by atoms with Crippen LogP contribution in [-0.2, 0) is 12.4 Å². The van der Waals surface area contributed by atoms with Crippen molar-refractivity contribution in [1.82, 2.24) is 24.5 Å². The van der Waals surface area contributed by atoms with Gasteiger partial charge in [0.15, 0.2) is 5.69 Å². The molecule has 3 aromatic heterocycles.